The monoisotopic (exact) mass is 488 g/mol. The summed E-state index contributed by atoms with van der Waals surface area (Å²) in [6.45, 7) is 0.348. The molecule has 0 aliphatic heterocycles. The van der Waals surface area contributed by atoms with E-state index in [2.05, 4.69) is 5.32 Å². The summed E-state index contributed by atoms with van der Waals surface area (Å²) in [6, 6.07) is 18.0. The quantitative estimate of drug-likeness (QED) is 0.489. The lowest BCUT2D eigenvalue weighted by Gasteiger charge is -2.20. The van der Waals surface area contributed by atoms with Gasteiger partial charge in [0.05, 0.1) is 24.8 Å². The van der Waals surface area contributed by atoms with Crippen LogP contribution in [0, 0.1) is 0 Å². The first-order chi connectivity index (χ1) is 15.8. The van der Waals surface area contributed by atoms with Crippen LogP contribution in [0.5, 0.6) is 11.5 Å². The topological polar surface area (TPSA) is 84.9 Å². The van der Waals surface area contributed by atoms with Gasteiger partial charge in [-0.2, -0.15) is 0 Å². The lowest BCUT2D eigenvalue weighted by atomic mass is 10.1. The zero-order valence-electron chi connectivity index (χ0n) is 18.5. The molecule has 1 amide bonds. The molecule has 3 aromatic rings. The van der Waals surface area contributed by atoms with Crippen LogP contribution in [0.1, 0.15) is 15.9 Å². The SMILES string of the molecule is COc1ccc(CCNC(=O)c2cccc(S(=O)(=O)N(C)c3cccc(Cl)c3)c2)c(OC)c1. The molecule has 33 heavy (non-hydrogen) atoms. The van der Waals surface area contributed by atoms with Gasteiger partial charge in [-0.05, 0) is 54.4 Å². The van der Waals surface area contributed by atoms with E-state index in [1.165, 1.54) is 19.2 Å². The van der Waals surface area contributed by atoms with Crippen LogP contribution in [0.15, 0.2) is 71.6 Å². The summed E-state index contributed by atoms with van der Waals surface area (Å²) < 4.78 is 37.8. The predicted octanol–water partition coefficient (Wildman–Crippen LogP) is 4.15. The number of amides is 1. The largest absolute Gasteiger partial charge is 0.497 e. The minimum atomic E-state index is -3.88. The van der Waals surface area contributed by atoms with E-state index >= 15 is 0 Å². The van der Waals surface area contributed by atoms with Gasteiger partial charge in [0, 0.05) is 30.2 Å². The second-order valence-corrected chi connectivity index (χ2v) is 9.57. The van der Waals surface area contributed by atoms with Crippen molar-refractivity contribution in [2.24, 2.45) is 0 Å². The standard InChI is InChI=1S/C24H25ClN2O5S/c1-27(20-8-5-7-19(25)15-20)33(29,30)22-9-4-6-18(14-22)24(28)26-13-12-17-10-11-21(31-2)16-23(17)32-3/h4-11,14-16H,12-13H2,1-3H3,(H,26,28). The Morgan fingerprint density at radius 3 is 2.45 bits per heavy atom. The first-order valence-electron chi connectivity index (χ1n) is 10.1. The molecule has 7 nitrogen and oxygen atoms in total. The second kappa shape index (κ2) is 10.6. The van der Waals surface area contributed by atoms with Crippen LogP contribution in [0.4, 0.5) is 5.69 Å². The number of benzene rings is 3. The Morgan fingerprint density at radius 2 is 1.76 bits per heavy atom. The molecular weight excluding hydrogens is 464 g/mol. The number of ether oxygens (including phenoxy) is 2. The lowest BCUT2D eigenvalue weighted by Crippen LogP contribution is -2.28. The van der Waals surface area contributed by atoms with Gasteiger partial charge in [-0.15, -0.1) is 0 Å². The average Bonchev–Trinajstić information content (AvgIpc) is 2.83. The van der Waals surface area contributed by atoms with Gasteiger partial charge in [0.1, 0.15) is 11.5 Å². The number of nitrogens with zero attached hydrogens (tertiary/aromatic N) is 1. The number of carbonyl (C=O) groups is 1. The maximum absolute atomic E-state index is 13.1. The maximum atomic E-state index is 13.1. The van der Waals surface area contributed by atoms with Gasteiger partial charge >= 0.3 is 0 Å². The molecule has 0 bridgehead atoms. The minimum Gasteiger partial charge on any atom is -0.497 e. The summed E-state index contributed by atoms with van der Waals surface area (Å²) in [4.78, 5) is 12.7. The van der Waals surface area contributed by atoms with Gasteiger partial charge in [-0.3, -0.25) is 9.10 Å². The molecule has 0 heterocycles. The van der Waals surface area contributed by atoms with E-state index in [9.17, 15) is 13.2 Å². The number of methoxy groups -OCH3 is 2. The van der Waals surface area contributed by atoms with E-state index in [-0.39, 0.29) is 16.4 Å². The molecule has 0 spiro atoms. The maximum Gasteiger partial charge on any atom is 0.264 e. The van der Waals surface area contributed by atoms with E-state index in [4.69, 9.17) is 21.1 Å². The molecule has 0 saturated heterocycles. The van der Waals surface area contributed by atoms with Crippen LogP contribution in [0.3, 0.4) is 0 Å². The number of nitrogens with one attached hydrogen (secondary N) is 1. The van der Waals surface area contributed by atoms with Crippen molar-refractivity contribution in [2.45, 2.75) is 11.3 Å². The summed E-state index contributed by atoms with van der Waals surface area (Å²) in [5.41, 5.74) is 1.58. The Hall–Kier alpha value is -3.23. The molecule has 0 aliphatic rings. The molecule has 0 aliphatic carbocycles. The molecule has 9 heteroatoms. The van der Waals surface area contributed by atoms with Crippen molar-refractivity contribution in [1.82, 2.24) is 5.32 Å². The Morgan fingerprint density at radius 1 is 1.00 bits per heavy atom. The molecule has 3 rings (SSSR count). The lowest BCUT2D eigenvalue weighted by molar-refractivity contribution is 0.0954. The second-order valence-electron chi connectivity index (χ2n) is 7.16. The number of carbonyl (C=O) groups excluding carboxylic acids is 1. The summed E-state index contributed by atoms with van der Waals surface area (Å²) in [5.74, 6) is 0.978. The third kappa shape index (κ3) is 5.77. The highest BCUT2D eigenvalue weighted by molar-refractivity contribution is 7.92. The van der Waals surface area contributed by atoms with Crippen LogP contribution >= 0.6 is 11.6 Å². The van der Waals surface area contributed by atoms with Crippen molar-refractivity contribution in [2.75, 3.05) is 32.1 Å². The Bertz CT molecular complexity index is 1250. The summed E-state index contributed by atoms with van der Waals surface area (Å²) in [7, 11) is 0.715. The number of halogens is 1. The highest BCUT2D eigenvalue weighted by Gasteiger charge is 2.22. The molecule has 0 radical (unpaired) electrons. The molecule has 1 N–H and O–H groups in total. The van der Waals surface area contributed by atoms with E-state index in [0.717, 1.165) is 9.87 Å². The highest BCUT2D eigenvalue weighted by atomic mass is 35.5. The number of rotatable bonds is 9. The van der Waals surface area contributed by atoms with Gasteiger partial charge in [0.2, 0.25) is 0 Å². The molecule has 174 valence electrons. The minimum absolute atomic E-state index is 0.00875. The normalized spacial score (nSPS) is 11.0. The summed E-state index contributed by atoms with van der Waals surface area (Å²) in [6.07, 6.45) is 0.536. The molecule has 3 aromatic carbocycles. The molecule has 0 unspecified atom stereocenters. The molecular formula is C24H25ClN2O5S. The molecule has 0 fully saturated rings. The van der Waals surface area contributed by atoms with Crippen molar-refractivity contribution in [3.05, 3.63) is 82.9 Å². The molecule has 0 saturated carbocycles. The van der Waals surface area contributed by atoms with Gasteiger partial charge < -0.3 is 14.8 Å². The molecule has 0 aromatic heterocycles. The zero-order chi connectivity index (χ0) is 24.0. The van der Waals surface area contributed by atoms with Crippen molar-refractivity contribution >= 4 is 33.2 Å². The van der Waals surface area contributed by atoms with Crippen molar-refractivity contribution in [1.29, 1.82) is 0 Å². The number of hydrogen-bond acceptors (Lipinski definition) is 5. The van der Waals surface area contributed by atoms with Gasteiger partial charge in [-0.25, -0.2) is 8.42 Å². The van der Waals surface area contributed by atoms with E-state index in [0.29, 0.717) is 35.2 Å². The van der Waals surface area contributed by atoms with E-state index in [1.807, 2.05) is 12.1 Å². The average molecular weight is 489 g/mol. The summed E-state index contributed by atoms with van der Waals surface area (Å²) >= 11 is 5.99. The van der Waals surface area contributed by atoms with E-state index in [1.54, 1.807) is 56.7 Å². The third-order valence-electron chi connectivity index (χ3n) is 5.10. The first-order valence-corrected chi connectivity index (χ1v) is 11.9. The van der Waals surface area contributed by atoms with Crippen LogP contribution < -0.4 is 19.1 Å². The van der Waals surface area contributed by atoms with Gasteiger partial charge in [0.15, 0.2) is 0 Å². The Balaban J connectivity index is 1.71. The fourth-order valence-corrected chi connectivity index (χ4v) is 4.66. The highest BCUT2D eigenvalue weighted by Crippen LogP contribution is 2.26. The van der Waals surface area contributed by atoms with Crippen molar-refractivity contribution < 1.29 is 22.7 Å². The van der Waals surface area contributed by atoms with Gasteiger partial charge in [-0.1, -0.05) is 29.8 Å². The van der Waals surface area contributed by atoms with Crippen molar-refractivity contribution in [3.8, 4) is 11.5 Å². The number of anilines is 1. The molecule has 0 atom stereocenters. The van der Waals surface area contributed by atoms with Gasteiger partial charge in [0.25, 0.3) is 15.9 Å². The van der Waals surface area contributed by atoms with E-state index < -0.39 is 10.0 Å². The van der Waals surface area contributed by atoms with Crippen LogP contribution in [-0.2, 0) is 16.4 Å². The van der Waals surface area contributed by atoms with Crippen molar-refractivity contribution in [3.63, 3.8) is 0 Å². The predicted molar refractivity (Wildman–Crippen MR) is 129 cm³/mol. The smallest absolute Gasteiger partial charge is 0.264 e. The van der Waals surface area contributed by atoms with Crippen LogP contribution in [0.25, 0.3) is 0 Å². The number of hydrogen-bond donors (Lipinski definition) is 1. The van der Waals surface area contributed by atoms with Crippen LogP contribution in [-0.4, -0.2) is 42.1 Å². The Kier molecular flexibility index (Phi) is 7.84. The fraction of sp³-hybridized carbons (Fsp3) is 0.208. The first kappa shape index (κ1) is 24.4. The Labute approximate surface area is 198 Å². The van der Waals surface area contributed by atoms with Crippen LogP contribution in [0.2, 0.25) is 5.02 Å². The zero-order valence-corrected chi connectivity index (χ0v) is 20.1. The summed E-state index contributed by atoms with van der Waals surface area (Å²) in [5, 5.41) is 3.25. The number of sulfonamides is 1. The fourth-order valence-electron chi connectivity index (χ4n) is 3.24. The third-order valence-corrected chi connectivity index (χ3v) is 7.12.